The zero-order valence-corrected chi connectivity index (χ0v) is 11.7. The molecule has 3 rings (SSSR count). The van der Waals surface area contributed by atoms with Crippen LogP contribution in [0, 0.1) is 0 Å². The Balaban J connectivity index is 1.47. The molecule has 6 nitrogen and oxygen atoms in total. The number of amides is 1. The second kappa shape index (κ2) is 5.42. The maximum absolute atomic E-state index is 10.9. The summed E-state index contributed by atoms with van der Waals surface area (Å²) in [7, 11) is 0. The number of nitrogens with zero attached hydrogens (tertiary/aromatic N) is 3. The molecule has 2 aliphatic rings. The van der Waals surface area contributed by atoms with E-state index in [-0.39, 0.29) is 5.91 Å². The van der Waals surface area contributed by atoms with Gasteiger partial charge in [-0.3, -0.25) is 9.69 Å². The fourth-order valence-electron chi connectivity index (χ4n) is 2.43. The minimum Gasteiger partial charge on any atom is -0.369 e. The zero-order chi connectivity index (χ0) is 13.2. The number of anilines is 1. The smallest absolute Gasteiger partial charge is 0.231 e. The third kappa shape index (κ3) is 3.42. The van der Waals surface area contributed by atoms with Crippen molar-refractivity contribution in [2.75, 3.05) is 25.0 Å². The van der Waals surface area contributed by atoms with E-state index < -0.39 is 0 Å². The maximum Gasteiger partial charge on any atom is 0.231 e. The Bertz CT molecular complexity index is 451. The molecule has 0 bridgehead atoms. The predicted octanol–water partition coefficient (Wildman–Crippen LogP) is 0.777. The summed E-state index contributed by atoms with van der Waals surface area (Å²) in [5.41, 5.74) is 5.21. The molecule has 2 heterocycles. The molecule has 3 N–H and O–H groups in total. The molecule has 7 heteroatoms. The van der Waals surface area contributed by atoms with Crippen molar-refractivity contribution < 1.29 is 4.79 Å². The normalized spacial score (nSPS) is 21.5. The van der Waals surface area contributed by atoms with Crippen LogP contribution in [0.3, 0.4) is 0 Å². The summed E-state index contributed by atoms with van der Waals surface area (Å²) >= 11 is 1.46. The Morgan fingerprint density at radius 2 is 2.11 bits per heavy atom. The third-order valence-corrected chi connectivity index (χ3v) is 4.34. The van der Waals surface area contributed by atoms with E-state index in [4.69, 9.17) is 5.73 Å². The topological polar surface area (TPSA) is 84.1 Å². The number of nitrogens with two attached hydrogens (primary N) is 1. The van der Waals surface area contributed by atoms with Crippen LogP contribution in [0.4, 0.5) is 5.13 Å². The van der Waals surface area contributed by atoms with Gasteiger partial charge in [0.2, 0.25) is 11.0 Å². The molecule has 1 aromatic heterocycles. The summed E-state index contributed by atoms with van der Waals surface area (Å²) in [6, 6.07) is 0.434. The Morgan fingerprint density at radius 3 is 2.74 bits per heavy atom. The lowest BCUT2D eigenvalue weighted by molar-refractivity contribution is -0.119. The molecule has 19 heavy (non-hydrogen) atoms. The van der Waals surface area contributed by atoms with Gasteiger partial charge in [0.15, 0.2) is 0 Å². The van der Waals surface area contributed by atoms with Crippen molar-refractivity contribution in [1.82, 2.24) is 14.3 Å². The molecule has 0 spiro atoms. The van der Waals surface area contributed by atoms with Crippen LogP contribution in [0.25, 0.3) is 0 Å². The first-order valence-electron chi connectivity index (χ1n) is 6.81. The highest BCUT2D eigenvalue weighted by molar-refractivity contribution is 7.09. The second-order valence-electron chi connectivity index (χ2n) is 5.39. The Labute approximate surface area is 116 Å². The van der Waals surface area contributed by atoms with Gasteiger partial charge < -0.3 is 11.1 Å². The fourth-order valence-corrected chi connectivity index (χ4v) is 3.15. The molecule has 2 fully saturated rings. The van der Waals surface area contributed by atoms with Crippen LogP contribution in [-0.2, 0) is 4.79 Å². The molecule has 0 aromatic carbocycles. The SMILES string of the molecule is NC(=O)CN1CCC(Nc2nc(C3CC3)ns2)CC1. The van der Waals surface area contributed by atoms with Gasteiger partial charge in [0.1, 0.15) is 5.82 Å². The van der Waals surface area contributed by atoms with E-state index in [9.17, 15) is 4.79 Å². The van der Waals surface area contributed by atoms with Crippen molar-refractivity contribution in [2.24, 2.45) is 5.73 Å². The zero-order valence-electron chi connectivity index (χ0n) is 10.8. The highest BCUT2D eigenvalue weighted by Gasteiger charge is 2.28. The number of piperidine rings is 1. The number of carbonyl (C=O) groups is 1. The molecule has 0 radical (unpaired) electrons. The maximum atomic E-state index is 10.9. The van der Waals surface area contributed by atoms with E-state index in [1.165, 1.54) is 24.4 Å². The van der Waals surface area contributed by atoms with E-state index >= 15 is 0 Å². The van der Waals surface area contributed by atoms with Crippen molar-refractivity contribution in [3.63, 3.8) is 0 Å². The van der Waals surface area contributed by atoms with E-state index in [0.717, 1.165) is 36.9 Å². The van der Waals surface area contributed by atoms with Gasteiger partial charge in [-0.05, 0) is 25.7 Å². The summed E-state index contributed by atoms with van der Waals surface area (Å²) in [6.07, 6.45) is 4.51. The van der Waals surface area contributed by atoms with Gasteiger partial charge in [-0.25, -0.2) is 4.98 Å². The molecule has 0 atom stereocenters. The highest BCUT2D eigenvalue weighted by Crippen LogP contribution is 2.39. The van der Waals surface area contributed by atoms with Gasteiger partial charge in [-0.1, -0.05) is 0 Å². The van der Waals surface area contributed by atoms with Crippen LogP contribution in [0.15, 0.2) is 0 Å². The van der Waals surface area contributed by atoms with E-state index in [2.05, 4.69) is 19.6 Å². The van der Waals surface area contributed by atoms with Crippen molar-refractivity contribution in [3.05, 3.63) is 5.82 Å². The summed E-state index contributed by atoms with van der Waals surface area (Å²) in [5.74, 6) is 1.38. The molecule has 1 saturated heterocycles. The van der Waals surface area contributed by atoms with Crippen LogP contribution in [0.1, 0.15) is 37.4 Å². The minimum absolute atomic E-state index is 0.246. The first-order valence-corrected chi connectivity index (χ1v) is 7.59. The molecule has 0 unspecified atom stereocenters. The number of rotatable bonds is 5. The number of hydrogen-bond donors (Lipinski definition) is 2. The molecule has 1 amide bonds. The van der Waals surface area contributed by atoms with Crippen molar-refractivity contribution in [2.45, 2.75) is 37.6 Å². The highest BCUT2D eigenvalue weighted by atomic mass is 32.1. The minimum atomic E-state index is -0.246. The summed E-state index contributed by atoms with van der Waals surface area (Å²) in [6.45, 7) is 2.20. The van der Waals surface area contributed by atoms with Gasteiger partial charge in [0, 0.05) is 36.6 Å². The average molecular weight is 281 g/mol. The lowest BCUT2D eigenvalue weighted by Crippen LogP contribution is -2.42. The molecule has 1 aliphatic carbocycles. The standard InChI is InChI=1S/C12H19N5OS/c13-10(18)7-17-5-3-9(4-6-17)14-12-15-11(16-19-12)8-1-2-8/h8-9H,1-7H2,(H2,13,18)(H,14,15,16). The largest absolute Gasteiger partial charge is 0.369 e. The predicted molar refractivity (Wildman–Crippen MR) is 74.2 cm³/mol. The second-order valence-corrected chi connectivity index (χ2v) is 6.14. The Kier molecular flexibility index (Phi) is 3.65. The van der Waals surface area contributed by atoms with Gasteiger partial charge in [-0.15, -0.1) is 0 Å². The summed E-state index contributed by atoms with van der Waals surface area (Å²) in [5, 5.41) is 4.40. The van der Waals surface area contributed by atoms with Crippen LogP contribution in [0.5, 0.6) is 0 Å². The summed E-state index contributed by atoms with van der Waals surface area (Å²) < 4.78 is 4.39. The van der Waals surface area contributed by atoms with E-state index in [1.54, 1.807) is 0 Å². The van der Waals surface area contributed by atoms with Crippen LogP contribution in [-0.4, -0.2) is 45.8 Å². The molecule has 1 aliphatic heterocycles. The third-order valence-electron chi connectivity index (χ3n) is 3.68. The van der Waals surface area contributed by atoms with E-state index in [0.29, 0.717) is 18.5 Å². The molecule has 1 aromatic rings. The average Bonchev–Trinajstić information content (AvgIpc) is 3.12. The van der Waals surface area contributed by atoms with Crippen molar-refractivity contribution in [1.29, 1.82) is 0 Å². The van der Waals surface area contributed by atoms with Gasteiger partial charge in [0.05, 0.1) is 6.54 Å². The first kappa shape index (κ1) is 12.8. The number of carbonyl (C=O) groups excluding carboxylic acids is 1. The Hall–Kier alpha value is -1.21. The lowest BCUT2D eigenvalue weighted by Gasteiger charge is -2.31. The van der Waals surface area contributed by atoms with Crippen LogP contribution in [0.2, 0.25) is 0 Å². The monoisotopic (exact) mass is 281 g/mol. The Morgan fingerprint density at radius 1 is 1.37 bits per heavy atom. The molecular weight excluding hydrogens is 262 g/mol. The molecule has 104 valence electrons. The number of hydrogen-bond acceptors (Lipinski definition) is 6. The van der Waals surface area contributed by atoms with Crippen LogP contribution >= 0.6 is 11.5 Å². The van der Waals surface area contributed by atoms with Gasteiger partial charge in [-0.2, -0.15) is 4.37 Å². The van der Waals surface area contributed by atoms with Crippen LogP contribution < -0.4 is 11.1 Å². The quantitative estimate of drug-likeness (QED) is 0.833. The van der Waals surface area contributed by atoms with Crippen molar-refractivity contribution >= 4 is 22.6 Å². The molecular formula is C12H19N5OS. The number of aromatic nitrogens is 2. The fraction of sp³-hybridized carbons (Fsp3) is 0.750. The van der Waals surface area contributed by atoms with E-state index in [1.807, 2.05) is 0 Å². The van der Waals surface area contributed by atoms with Gasteiger partial charge in [0.25, 0.3) is 0 Å². The number of nitrogens with one attached hydrogen (secondary N) is 1. The van der Waals surface area contributed by atoms with Crippen molar-refractivity contribution in [3.8, 4) is 0 Å². The van der Waals surface area contributed by atoms with Gasteiger partial charge >= 0.3 is 0 Å². The number of likely N-dealkylation sites (tertiary alicyclic amines) is 1. The summed E-state index contributed by atoms with van der Waals surface area (Å²) in [4.78, 5) is 17.5. The number of primary amides is 1. The first-order chi connectivity index (χ1) is 9.20. The molecule has 1 saturated carbocycles. The lowest BCUT2D eigenvalue weighted by atomic mass is 10.1.